The summed E-state index contributed by atoms with van der Waals surface area (Å²) in [4.78, 5) is 35.0. The fourth-order valence-electron chi connectivity index (χ4n) is 3.05. The number of aryl methyl sites for hydroxylation is 1. The Morgan fingerprint density at radius 1 is 0.909 bits per heavy atom. The highest BCUT2D eigenvalue weighted by Crippen LogP contribution is 2.40. The van der Waals surface area contributed by atoms with E-state index in [-0.39, 0.29) is 16.9 Å². The molecule has 5 nitrogen and oxygen atoms in total. The maximum absolute atomic E-state index is 12.5. The molecule has 0 radical (unpaired) electrons. The van der Waals surface area contributed by atoms with Crippen molar-refractivity contribution in [2.75, 3.05) is 0 Å². The number of carboxylic acids is 2. The van der Waals surface area contributed by atoms with Crippen LogP contribution in [-0.4, -0.2) is 27.9 Å². The number of carbonyl (C=O) groups excluding carboxylic acids is 1. The van der Waals surface area contributed by atoms with Crippen LogP contribution in [0.25, 0.3) is 11.1 Å². The van der Waals surface area contributed by atoms with Crippen LogP contribution in [0, 0.1) is 13.8 Å². The van der Waals surface area contributed by atoms with Gasteiger partial charge >= 0.3 is 11.9 Å². The third-order valence-corrected chi connectivity index (χ3v) is 4.02. The number of benzene rings is 2. The summed E-state index contributed by atoms with van der Waals surface area (Å²) in [6, 6.07) is 5.96. The molecule has 0 fully saturated rings. The first-order valence-electron chi connectivity index (χ1n) is 6.62. The summed E-state index contributed by atoms with van der Waals surface area (Å²) in [7, 11) is 0. The summed E-state index contributed by atoms with van der Waals surface area (Å²) < 4.78 is 0. The highest BCUT2D eigenvalue weighted by molar-refractivity contribution is 6.23. The van der Waals surface area contributed by atoms with E-state index in [0.29, 0.717) is 33.4 Å². The number of fused-ring (bicyclic) bond motifs is 3. The van der Waals surface area contributed by atoms with Gasteiger partial charge in [0.15, 0.2) is 5.78 Å². The molecule has 2 aromatic carbocycles. The zero-order valence-electron chi connectivity index (χ0n) is 11.9. The number of carbonyl (C=O) groups is 3. The molecular weight excluding hydrogens is 284 g/mol. The molecule has 1 aliphatic rings. The van der Waals surface area contributed by atoms with Gasteiger partial charge in [0.2, 0.25) is 0 Å². The standard InChI is InChI=1S/C17H12O5/c1-7-5-12-11-6-9(16(19)20)3-4-10(11)15(18)14(12)8(2)13(7)17(21)22/h3-6H,1-2H3,(H,19,20)(H,21,22). The first-order chi connectivity index (χ1) is 10.3. The van der Waals surface area contributed by atoms with Crippen molar-refractivity contribution in [2.24, 2.45) is 0 Å². The molecule has 0 saturated heterocycles. The van der Waals surface area contributed by atoms with Crippen molar-refractivity contribution in [2.45, 2.75) is 13.8 Å². The van der Waals surface area contributed by atoms with Gasteiger partial charge in [0.25, 0.3) is 0 Å². The summed E-state index contributed by atoms with van der Waals surface area (Å²) in [5, 5.41) is 18.4. The minimum atomic E-state index is -1.08. The number of hydrogen-bond donors (Lipinski definition) is 2. The number of hydrogen-bond acceptors (Lipinski definition) is 3. The van der Waals surface area contributed by atoms with E-state index >= 15 is 0 Å². The van der Waals surface area contributed by atoms with Crippen LogP contribution < -0.4 is 0 Å². The van der Waals surface area contributed by atoms with Gasteiger partial charge in [-0.2, -0.15) is 0 Å². The van der Waals surface area contributed by atoms with Gasteiger partial charge in [0, 0.05) is 11.1 Å². The van der Waals surface area contributed by atoms with Gasteiger partial charge in [-0.05, 0) is 60.4 Å². The second kappa shape index (κ2) is 4.53. The van der Waals surface area contributed by atoms with Gasteiger partial charge in [0.05, 0.1) is 11.1 Å². The minimum Gasteiger partial charge on any atom is -0.478 e. The topological polar surface area (TPSA) is 91.7 Å². The highest BCUT2D eigenvalue weighted by atomic mass is 16.4. The van der Waals surface area contributed by atoms with E-state index < -0.39 is 11.9 Å². The van der Waals surface area contributed by atoms with E-state index in [0.717, 1.165) is 0 Å². The molecule has 0 aliphatic heterocycles. The average molecular weight is 296 g/mol. The van der Waals surface area contributed by atoms with E-state index in [1.807, 2.05) is 0 Å². The van der Waals surface area contributed by atoms with Crippen LogP contribution in [0.1, 0.15) is 47.8 Å². The van der Waals surface area contributed by atoms with Gasteiger partial charge < -0.3 is 10.2 Å². The lowest BCUT2D eigenvalue weighted by Gasteiger charge is -2.10. The maximum atomic E-state index is 12.5. The van der Waals surface area contributed by atoms with Crippen LogP contribution >= 0.6 is 0 Å². The molecule has 22 heavy (non-hydrogen) atoms. The first kappa shape index (κ1) is 14.0. The van der Waals surface area contributed by atoms with Crippen molar-refractivity contribution in [3.05, 3.63) is 57.6 Å². The normalized spacial score (nSPS) is 12.0. The Morgan fingerprint density at radius 3 is 2.18 bits per heavy atom. The molecular formula is C17H12O5. The molecule has 5 heteroatoms. The maximum Gasteiger partial charge on any atom is 0.336 e. The molecule has 0 amide bonds. The second-order valence-corrected chi connectivity index (χ2v) is 5.32. The summed E-state index contributed by atoms with van der Waals surface area (Å²) in [5.41, 5.74) is 3.08. The Morgan fingerprint density at radius 2 is 1.59 bits per heavy atom. The molecule has 0 atom stereocenters. The Kier molecular flexibility index (Phi) is 2.88. The van der Waals surface area contributed by atoms with Crippen molar-refractivity contribution in [1.29, 1.82) is 0 Å². The molecule has 0 saturated carbocycles. The van der Waals surface area contributed by atoms with Gasteiger partial charge in [0.1, 0.15) is 0 Å². The average Bonchev–Trinajstić information content (AvgIpc) is 2.71. The SMILES string of the molecule is Cc1cc2c(c(C)c1C(=O)O)C(=O)c1ccc(C(=O)O)cc1-2. The van der Waals surface area contributed by atoms with Gasteiger partial charge in [-0.1, -0.05) is 0 Å². The molecule has 0 heterocycles. The fraction of sp³-hybridized carbons (Fsp3) is 0.118. The van der Waals surface area contributed by atoms with E-state index in [1.54, 1.807) is 19.9 Å². The molecule has 0 unspecified atom stereocenters. The predicted octanol–water partition coefficient (Wildman–Crippen LogP) is 2.91. The highest BCUT2D eigenvalue weighted by Gasteiger charge is 2.32. The molecule has 3 rings (SSSR count). The van der Waals surface area contributed by atoms with Crippen LogP contribution in [0.5, 0.6) is 0 Å². The molecule has 2 aromatic rings. The summed E-state index contributed by atoms with van der Waals surface area (Å²) >= 11 is 0. The van der Waals surface area contributed by atoms with Crippen molar-refractivity contribution in [3.63, 3.8) is 0 Å². The van der Waals surface area contributed by atoms with Crippen LogP contribution in [0.4, 0.5) is 0 Å². The Balaban J connectivity index is 2.36. The number of carboxylic acid groups (broad SMARTS) is 2. The van der Waals surface area contributed by atoms with Crippen molar-refractivity contribution in [3.8, 4) is 11.1 Å². The zero-order chi connectivity index (χ0) is 16.2. The lowest BCUT2D eigenvalue weighted by molar-refractivity contribution is 0.0685. The van der Waals surface area contributed by atoms with Gasteiger partial charge in [-0.3, -0.25) is 4.79 Å². The fourth-order valence-corrected chi connectivity index (χ4v) is 3.05. The second-order valence-electron chi connectivity index (χ2n) is 5.32. The van der Waals surface area contributed by atoms with Crippen LogP contribution in [-0.2, 0) is 0 Å². The first-order valence-corrected chi connectivity index (χ1v) is 6.62. The van der Waals surface area contributed by atoms with E-state index in [2.05, 4.69) is 0 Å². The molecule has 1 aliphatic carbocycles. The van der Waals surface area contributed by atoms with E-state index in [1.165, 1.54) is 18.2 Å². The van der Waals surface area contributed by atoms with E-state index in [9.17, 15) is 19.5 Å². The quantitative estimate of drug-likeness (QED) is 0.758. The minimum absolute atomic E-state index is 0.0945. The molecule has 0 spiro atoms. The van der Waals surface area contributed by atoms with Crippen molar-refractivity contribution < 1.29 is 24.6 Å². The summed E-state index contributed by atoms with van der Waals surface area (Å²) in [6.07, 6.45) is 0. The van der Waals surface area contributed by atoms with Gasteiger partial charge in [-0.15, -0.1) is 0 Å². The van der Waals surface area contributed by atoms with Crippen LogP contribution in [0.15, 0.2) is 24.3 Å². The summed E-state index contributed by atoms with van der Waals surface area (Å²) in [5.74, 6) is -2.41. The monoisotopic (exact) mass is 296 g/mol. The largest absolute Gasteiger partial charge is 0.478 e. The van der Waals surface area contributed by atoms with Crippen LogP contribution in [0.3, 0.4) is 0 Å². The Bertz CT molecular complexity index is 877. The molecule has 0 bridgehead atoms. The third kappa shape index (κ3) is 1.75. The van der Waals surface area contributed by atoms with Crippen LogP contribution in [0.2, 0.25) is 0 Å². The Labute approximate surface area is 125 Å². The van der Waals surface area contributed by atoms with Crippen molar-refractivity contribution in [1.82, 2.24) is 0 Å². The molecule has 2 N–H and O–H groups in total. The zero-order valence-corrected chi connectivity index (χ0v) is 11.9. The number of rotatable bonds is 2. The third-order valence-electron chi connectivity index (χ3n) is 4.02. The summed E-state index contributed by atoms with van der Waals surface area (Å²) in [6.45, 7) is 3.28. The van der Waals surface area contributed by atoms with E-state index in [4.69, 9.17) is 5.11 Å². The van der Waals surface area contributed by atoms with Gasteiger partial charge in [-0.25, -0.2) is 9.59 Å². The lowest BCUT2D eigenvalue weighted by Crippen LogP contribution is -2.08. The van der Waals surface area contributed by atoms with Crippen molar-refractivity contribution >= 4 is 17.7 Å². The Hall–Kier alpha value is -2.95. The molecule has 110 valence electrons. The molecule has 0 aromatic heterocycles. The lowest BCUT2D eigenvalue weighted by atomic mass is 9.92. The predicted molar refractivity (Wildman–Crippen MR) is 78.7 cm³/mol. The smallest absolute Gasteiger partial charge is 0.336 e. The number of ketones is 1. The number of aromatic carboxylic acids is 2.